The molecule has 1 amide bonds. The Bertz CT molecular complexity index is 532. The largest absolute Gasteiger partial charge is 0.481 e. The molecule has 2 rings (SSSR count). The Morgan fingerprint density at radius 1 is 1.33 bits per heavy atom. The summed E-state index contributed by atoms with van der Waals surface area (Å²) in [6.45, 7) is 2.41. The lowest BCUT2D eigenvalue weighted by molar-refractivity contribution is -0.146. The normalized spacial score (nSPS) is 24.8. The molecule has 0 heterocycles. The molecule has 114 valence electrons. The smallest absolute Gasteiger partial charge is 0.307 e. The predicted octanol–water partition coefficient (Wildman–Crippen LogP) is 3.09. The van der Waals surface area contributed by atoms with E-state index < -0.39 is 17.8 Å². The second kappa shape index (κ2) is 6.94. The zero-order chi connectivity index (χ0) is 15.4. The van der Waals surface area contributed by atoms with Crippen molar-refractivity contribution in [3.63, 3.8) is 0 Å². The molecule has 1 aliphatic rings. The Labute approximate surface area is 129 Å². The first-order chi connectivity index (χ1) is 10.0. The molecule has 1 aromatic carbocycles. The first-order valence-electron chi connectivity index (χ1n) is 7.26. The summed E-state index contributed by atoms with van der Waals surface area (Å²) in [6, 6.07) is 7.27. The van der Waals surface area contributed by atoms with E-state index in [2.05, 4.69) is 5.32 Å². The molecule has 0 saturated heterocycles. The highest BCUT2D eigenvalue weighted by Crippen LogP contribution is 2.38. The van der Waals surface area contributed by atoms with E-state index in [-0.39, 0.29) is 5.91 Å². The Morgan fingerprint density at radius 3 is 2.67 bits per heavy atom. The molecule has 4 nitrogen and oxygen atoms in total. The molecule has 1 aliphatic carbocycles. The third-order valence-corrected chi connectivity index (χ3v) is 4.48. The lowest BCUT2D eigenvalue weighted by atomic mass is 9.95. The van der Waals surface area contributed by atoms with E-state index in [0.29, 0.717) is 30.3 Å². The standard InChI is InChI=1S/C16H20ClNO3/c1-2-10-7-13(14(8-10)16(20)21)15(19)18-9-11-4-3-5-12(17)6-11/h3-6,10,13-14H,2,7-9H2,1H3,(H,18,19)(H,20,21). The fourth-order valence-corrected chi connectivity index (χ4v) is 3.22. The van der Waals surface area contributed by atoms with Gasteiger partial charge < -0.3 is 10.4 Å². The van der Waals surface area contributed by atoms with Gasteiger partial charge in [-0.2, -0.15) is 0 Å². The quantitative estimate of drug-likeness (QED) is 0.878. The third-order valence-electron chi connectivity index (χ3n) is 4.25. The zero-order valence-corrected chi connectivity index (χ0v) is 12.8. The number of nitrogens with one attached hydrogen (secondary N) is 1. The summed E-state index contributed by atoms with van der Waals surface area (Å²) in [4.78, 5) is 23.6. The minimum Gasteiger partial charge on any atom is -0.481 e. The number of hydrogen-bond donors (Lipinski definition) is 2. The molecule has 1 fully saturated rings. The van der Waals surface area contributed by atoms with Crippen molar-refractivity contribution in [3.8, 4) is 0 Å². The van der Waals surface area contributed by atoms with Crippen LogP contribution in [-0.4, -0.2) is 17.0 Å². The van der Waals surface area contributed by atoms with E-state index in [9.17, 15) is 14.7 Å². The molecule has 0 bridgehead atoms. The Morgan fingerprint density at radius 2 is 2.05 bits per heavy atom. The number of amides is 1. The van der Waals surface area contributed by atoms with E-state index in [1.165, 1.54) is 0 Å². The first-order valence-corrected chi connectivity index (χ1v) is 7.64. The number of hydrogen-bond acceptors (Lipinski definition) is 2. The van der Waals surface area contributed by atoms with Crippen LogP contribution in [-0.2, 0) is 16.1 Å². The number of rotatable bonds is 5. The molecular formula is C16H20ClNO3. The molecule has 1 aromatic rings. The Hall–Kier alpha value is -1.55. The molecule has 21 heavy (non-hydrogen) atoms. The first kappa shape index (κ1) is 15.8. The number of carbonyl (C=O) groups excluding carboxylic acids is 1. The van der Waals surface area contributed by atoms with E-state index in [1.807, 2.05) is 19.1 Å². The van der Waals surface area contributed by atoms with Crippen LogP contribution in [0.15, 0.2) is 24.3 Å². The second-order valence-electron chi connectivity index (χ2n) is 5.64. The lowest BCUT2D eigenvalue weighted by Gasteiger charge is -2.15. The fraction of sp³-hybridized carbons (Fsp3) is 0.500. The van der Waals surface area contributed by atoms with E-state index >= 15 is 0 Å². The average molecular weight is 310 g/mol. The molecule has 3 atom stereocenters. The number of benzene rings is 1. The summed E-state index contributed by atoms with van der Waals surface area (Å²) in [5.74, 6) is -1.69. The van der Waals surface area contributed by atoms with Gasteiger partial charge in [0.1, 0.15) is 0 Å². The minimum absolute atomic E-state index is 0.168. The van der Waals surface area contributed by atoms with Crippen LogP contribution in [0.1, 0.15) is 31.7 Å². The second-order valence-corrected chi connectivity index (χ2v) is 6.08. The van der Waals surface area contributed by atoms with E-state index in [0.717, 1.165) is 12.0 Å². The van der Waals surface area contributed by atoms with Crippen molar-refractivity contribution in [1.29, 1.82) is 0 Å². The molecule has 2 N–H and O–H groups in total. The molecule has 0 spiro atoms. The van der Waals surface area contributed by atoms with Crippen molar-refractivity contribution in [2.24, 2.45) is 17.8 Å². The Balaban J connectivity index is 1.97. The zero-order valence-electron chi connectivity index (χ0n) is 12.0. The molecule has 0 aliphatic heterocycles. The number of carboxylic acid groups (broad SMARTS) is 1. The summed E-state index contributed by atoms with van der Waals surface area (Å²) >= 11 is 5.90. The molecule has 0 radical (unpaired) electrons. The maximum atomic E-state index is 12.3. The minimum atomic E-state index is -0.867. The summed E-state index contributed by atoms with van der Waals surface area (Å²) in [6.07, 6.45) is 2.18. The van der Waals surface area contributed by atoms with Gasteiger partial charge in [-0.1, -0.05) is 37.1 Å². The van der Waals surface area contributed by atoms with Crippen molar-refractivity contribution in [3.05, 3.63) is 34.9 Å². The van der Waals surface area contributed by atoms with Gasteiger partial charge in [-0.3, -0.25) is 9.59 Å². The van der Waals surface area contributed by atoms with Crippen LogP contribution in [0.2, 0.25) is 5.02 Å². The van der Waals surface area contributed by atoms with Crippen LogP contribution in [0.25, 0.3) is 0 Å². The van der Waals surface area contributed by atoms with Crippen molar-refractivity contribution >= 4 is 23.5 Å². The molecule has 3 unspecified atom stereocenters. The summed E-state index contributed by atoms with van der Waals surface area (Å²) < 4.78 is 0. The topological polar surface area (TPSA) is 66.4 Å². The van der Waals surface area contributed by atoms with Crippen molar-refractivity contribution in [2.75, 3.05) is 0 Å². The van der Waals surface area contributed by atoms with Gasteiger partial charge in [0, 0.05) is 11.6 Å². The highest BCUT2D eigenvalue weighted by Gasteiger charge is 2.41. The number of halogens is 1. The van der Waals surface area contributed by atoms with Gasteiger partial charge in [-0.15, -0.1) is 0 Å². The van der Waals surface area contributed by atoms with Crippen LogP contribution in [0, 0.1) is 17.8 Å². The number of aliphatic carboxylic acids is 1. The van der Waals surface area contributed by atoms with Crippen molar-refractivity contribution in [1.82, 2.24) is 5.32 Å². The van der Waals surface area contributed by atoms with Gasteiger partial charge in [0.05, 0.1) is 11.8 Å². The van der Waals surface area contributed by atoms with Gasteiger partial charge in [0.2, 0.25) is 5.91 Å². The Kier molecular flexibility index (Phi) is 5.23. The highest BCUT2D eigenvalue weighted by molar-refractivity contribution is 6.30. The van der Waals surface area contributed by atoms with Crippen LogP contribution < -0.4 is 5.32 Å². The van der Waals surface area contributed by atoms with Gasteiger partial charge in [0.25, 0.3) is 0 Å². The van der Waals surface area contributed by atoms with Gasteiger partial charge in [-0.05, 0) is 36.5 Å². The summed E-state index contributed by atoms with van der Waals surface area (Å²) in [5.41, 5.74) is 0.910. The SMILES string of the molecule is CCC1CC(C(=O)O)C(C(=O)NCc2cccc(Cl)c2)C1. The summed E-state index contributed by atoms with van der Waals surface area (Å²) in [5, 5.41) is 12.7. The van der Waals surface area contributed by atoms with Crippen molar-refractivity contribution < 1.29 is 14.7 Å². The van der Waals surface area contributed by atoms with Gasteiger partial charge >= 0.3 is 5.97 Å². The number of carbonyl (C=O) groups is 2. The number of carboxylic acids is 1. The maximum Gasteiger partial charge on any atom is 0.307 e. The van der Waals surface area contributed by atoms with Crippen LogP contribution in [0.3, 0.4) is 0 Å². The lowest BCUT2D eigenvalue weighted by Crippen LogP contribution is -2.34. The predicted molar refractivity (Wildman–Crippen MR) is 80.9 cm³/mol. The molecule has 5 heteroatoms. The molecular weight excluding hydrogens is 290 g/mol. The van der Waals surface area contributed by atoms with Gasteiger partial charge in [0.15, 0.2) is 0 Å². The van der Waals surface area contributed by atoms with E-state index in [1.54, 1.807) is 12.1 Å². The fourth-order valence-electron chi connectivity index (χ4n) is 3.01. The van der Waals surface area contributed by atoms with Crippen LogP contribution in [0.5, 0.6) is 0 Å². The van der Waals surface area contributed by atoms with Gasteiger partial charge in [-0.25, -0.2) is 0 Å². The van der Waals surface area contributed by atoms with Crippen molar-refractivity contribution in [2.45, 2.75) is 32.7 Å². The van der Waals surface area contributed by atoms with Crippen LogP contribution >= 0.6 is 11.6 Å². The van der Waals surface area contributed by atoms with E-state index in [4.69, 9.17) is 11.6 Å². The van der Waals surface area contributed by atoms with Crippen LogP contribution in [0.4, 0.5) is 0 Å². The maximum absolute atomic E-state index is 12.3. The summed E-state index contributed by atoms with van der Waals surface area (Å²) in [7, 11) is 0. The molecule has 1 saturated carbocycles. The average Bonchev–Trinajstić information content (AvgIpc) is 2.89. The monoisotopic (exact) mass is 309 g/mol. The molecule has 0 aromatic heterocycles. The third kappa shape index (κ3) is 3.97. The highest BCUT2D eigenvalue weighted by atomic mass is 35.5.